The van der Waals surface area contributed by atoms with E-state index in [1.165, 1.54) is 6.07 Å². The molecule has 0 heterocycles. The van der Waals surface area contributed by atoms with E-state index >= 15 is 0 Å². The molecular weight excluding hydrogens is 202 g/mol. The van der Waals surface area contributed by atoms with E-state index in [1.807, 2.05) is 0 Å². The molecule has 0 spiro atoms. The molecule has 0 bridgehead atoms. The molecule has 0 aliphatic heterocycles. The topological polar surface area (TPSA) is 110 Å². The van der Waals surface area contributed by atoms with Gasteiger partial charge in [0.15, 0.2) is 0 Å². The van der Waals surface area contributed by atoms with Crippen molar-refractivity contribution in [2.75, 3.05) is 0 Å². The molecule has 0 atom stereocenters. The SMILES string of the molecule is N#CCc1c([N+](=O)[O-])cccc1[N+](=O)[O-]. The zero-order valence-electron chi connectivity index (χ0n) is 7.41. The van der Waals surface area contributed by atoms with Gasteiger partial charge in [0, 0.05) is 12.1 Å². The Morgan fingerprint density at radius 2 is 1.67 bits per heavy atom. The van der Waals surface area contributed by atoms with Crippen molar-refractivity contribution in [3.05, 3.63) is 44.0 Å². The molecule has 0 radical (unpaired) electrons. The first-order valence-corrected chi connectivity index (χ1v) is 3.85. The van der Waals surface area contributed by atoms with E-state index in [-0.39, 0.29) is 12.0 Å². The van der Waals surface area contributed by atoms with Crippen molar-refractivity contribution in [3.63, 3.8) is 0 Å². The highest BCUT2D eigenvalue weighted by atomic mass is 16.6. The molecule has 76 valence electrons. The Kier molecular flexibility index (Phi) is 2.93. The fraction of sp³-hybridized carbons (Fsp3) is 0.125. The molecule has 7 nitrogen and oxygen atoms in total. The van der Waals surface area contributed by atoms with E-state index in [1.54, 1.807) is 6.07 Å². The largest absolute Gasteiger partial charge is 0.280 e. The Balaban J connectivity index is 3.42. The van der Waals surface area contributed by atoms with Crippen molar-refractivity contribution in [1.29, 1.82) is 5.26 Å². The molecular formula is C8H5N3O4. The fourth-order valence-corrected chi connectivity index (χ4v) is 1.17. The van der Waals surface area contributed by atoms with Crippen molar-refractivity contribution >= 4 is 11.4 Å². The summed E-state index contributed by atoms with van der Waals surface area (Å²) in [6.07, 6.45) is -0.354. The number of benzene rings is 1. The van der Waals surface area contributed by atoms with Gasteiger partial charge in [-0.2, -0.15) is 5.26 Å². The highest BCUT2D eigenvalue weighted by Crippen LogP contribution is 2.28. The molecule has 0 amide bonds. The van der Waals surface area contributed by atoms with E-state index in [2.05, 4.69) is 0 Å². The zero-order chi connectivity index (χ0) is 11.4. The summed E-state index contributed by atoms with van der Waals surface area (Å²) in [6, 6.07) is 5.16. The number of nitriles is 1. The molecule has 0 aliphatic carbocycles. The molecule has 0 fully saturated rings. The van der Waals surface area contributed by atoms with E-state index in [0.29, 0.717) is 0 Å². The van der Waals surface area contributed by atoms with Crippen LogP contribution in [0.3, 0.4) is 0 Å². The van der Waals surface area contributed by atoms with E-state index in [4.69, 9.17) is 5.26 Å². The summed E-state index contributed by atoms with van der Waals surface area (Å²) in [7, 11) is 0. The van der Waals surface area contributed by atoms with Crippen molar-refractivity contribution in [3.8, 4) is 6.07 Å². The Morgan fingerprint density at radius 3 is 2.00 bits per heavy atom. The highest BCUT2D eigenvalue weighted by molar-refractivity contribution is 5.54. The summed E-state index contributed by atoms with van der Waals surface area (Å²) >= 11 is 0. The van der Waals surface area contributed by atoms with Crippen molar-refractivity contribution in [2.24, 2.45) is 0 Å². The van der Waals surface area contributed by atoms with Gasteiger partial charge in [-0.1, -0.05) is 0 Å². The first-order chi connectivity index (χ1) is 7.07. The average Bonchev–Trinajstić information content (AvgIpc) is 2.17. The monoisotopic (exact) mass is 207 g/mol. The summed E-state index contributed by atoms with van der Waals surface area (Å²) in [4.78, 5) is 19.6. The standard InChI is InChI=1S/C8H5N3O4/c9-5-4-6-7(10(12)13)2-1-3-8(6)11(14)15/h1-3H,4H2. The van der Waals surface area contributed by atoms with E-state index in [9.17, 15) is 20.2 Å². The van der Waals surface area contributed by atoms with Crippen LogP contribution >= 0.6 is 0 Å². The number of hydrogen-bond donors (Lipinski definition) is 0. The summed E-state index contributed by atoms with van der Waals surface area (Å²) < 4.78 is 0. The molecule has 1 aromatic rings. The van der Waals surface area contributed by atoms with Gasteiger partial charge in [0.25, 0.3) is 11.4 Å². The quantitative estimate of drug-likeness (QED) is 0.551. The minimum Gasteiger partial charge on any atom is -0.258 e. The van der Waals surface area contributed by atoms with Crippen molar-refractivity contribution in [2.45, 2.75) is 6.42 Å². The van der Waals surface area contributed by atoms with Gasteiger partial charge in [0.05, 0.1) is 22.3 Å². The Morgan fingerprint density at radius 1 is 1.20 bits per heavy atom. The van der Waals surface area contributed by atoms with E-state index < -0.39 is 21.2 Å². The van der Waals surface area contributed by atoms with Gasteiger partial charge in [-0.3, -0.25) is 20.2 Å². The van der Waals surface area contributed by atoms with Crippen LogP contribution in [0.4, 0.5) is 11.4 Å². The number of nitro groups is 2. The second-order valence-corrected chi connectivity index (χ2v) is 2.62. The van der Waals surface area contributed by atoms with Crippen LogP contribution < -0.4 is 0 Å². The maximum absolute atomic E-state index is 10.5. The maximum atomic E-state index is 10.5. The smallest absolute Gasteiger partial charge is 0.258 e. The van der Waals surface area contributed by atoms with Crippen LogP contribution in [0.25, 0.3) is 0 Å². The third-order valence-electron chi connectivity index (χ3n) is 1.78. The second kappa shape index (κ2) is 4.15. The van der Waals surface area contributed by atoms with Gasteiger partial charge < -0.3 is 0 Å². The Hall–Kier alpha value is -2.49. The minimum atomic E-state index is -0.736. The second-order valence-electron chi connectivity index (χ2n) is 2.62. The molecule has 0 aliphatic rings. The van der Waals surface area contributed by atoms with Gasteiger partial charge in [-0.15, -0.1) is 0 Å². The summed E-state index contributed by atoms with van der Waals surface area (Å²) in [5.41, 5.74) is -0.952. The number of rotatable bonds is 3. The number of nitrogens with zero attached hydrogens (tertiary/aromatic N) is 3. The van der Waals surface area contributed by atoms with Crippen LogP contribution in [-0.2, 0) is 6.42 Å². The van der Waals surface area contributed by atoms with Crippen LogP contribution in [-0.4, -0.2) is 9.85 Å². The fourth-order valence-electron chi connectivity index (χ4n) is 1.17. The van der Waals surface area contributed by atoms with Gasteiger partial charge in [0.1, 0.15) is 5.56 Å². The van der Waals surface area contributed by atoms with Crippen LogP contribution in [0.5, 0.6) is 0 Å². The molecule has 7 heteroatoms. The lowest BCUT2D eigenvalue weighted by Crippen LogP contribution is -2.00. The summed E-state index contributed by atoms with van der Waals surface area (Å²) in [6.45, 7) is 0. The third-order valence-corrected chi connectivity index (χ3v) is 1.78. The van der Waals surface area contributed by atoms with E-state index in [0.717, 1.165) is 12.1 Å². The lowest BCUT2D eigenvalue weighted by atomic mass is 10.1. The molecule has 0 unspecified atom stereocenters. The molecule has 1 rings (SSSR count). The minimum absolute atomic E-state index is 0.157. The lowest BCUT2D eigenvalue weighted by Gasteiger charge is -1.99. The normalized spacial score (nSPS) is 9.27. The predicted octanol–water partition coefficient (Wildman–Crippen LogP) is 1.57. The van der Waals surface area contributed by atoms with Crippen molar-refractivity contribution in [1.82, 2.24) is 0 Å². The van der Waals surface area contributed by atoms with Gasteiger partial charge in [-0.25, -0.2) is 0 Å². The number of hydrogen-bond acceptors (Lipinski definition) is 5. The predicted molar refractivity (Wildman–Crippen MR) is 49.1 cm³/mol. The first kappa shape index (κ1) is 10.6. The first-order valence-electron chi connectivity index (χ1n) is 3.85. The van der Waals surface area contributed by atoms with Crippen LogP contribution in [0.1, 0.15) is 5.56 Å². The highest BCUT2D eigenvalue weighted by Gasteiger charge is 2.23. The molecule has 1 aromatic carbocycles. The van der Waals surface area contributed by atoms with Crippen molar-refractivity contribution < 1.29 is 9.85 Å². The lowest BCUT2D eigenvalue weighted by molar-refractivity contribution is -0.395. The van der Waals surface area contributed by atoms with Crippen LogP contribution in [0, 0.1) is 31.6 Å². The van der Waals surface area contributed by atoms with Gasteiger partial charge >= 0.3 is 0 Å². The average molecular weight is 207 g/mol. The van der Waals surface area contributed by atoms with Crippen LogP contribution in [0.2, 0.25) is 0 Å². The summed E-state index contributed by atoms with van der Waals surface area (Å²) in [5.74, 6) is 0. The van der Waals surface area contributed by atoms with Gasteiger partial charge in [-0.05, 0) is 6.07 Å². The molecule has 0 saturated carbocycles. The summed E-state index contributed by atoms with van der Waals surface area (Å²) in [5, 5.41) is 29.5. The zero-order valence-corrected chi connectivity index (χ0v) is 7.41. The van der Waals surface area contributed by atoms with Crippen LogP contribution in [0.15, 0.2) is 18.2 Å². The third kappa shape index (κ3) is 2.05. The molecule has 0 aromatic heterocycles. The molecule has 15 heavy (non-hydrogen) atoms. The Labute approximate surface area is 83.9 Å². The Bertz CT molecular complexity index is 431. The molecule has 0 saturated heterocycles. The molecule has 0 N–H and O–H groups in total. The van der Waals surface area contributed by atoms with Gasteiger partial charge in [0.2, 0.25) is 0 Å². The number of nitro benzene ring substituents is 2. The maximum Gasteiger partial charge on any atom is 0.280 e.